The fraction of sp³-hybridized carbons (Fsp3) is 0.125. The van der Waals surface area contributed by atoms with Crippen LogP contribution < -0.4 is 4.90 Å². The molecule has 0 aliphatic rings. The maximum absolute atomic E-state index is 10.9. The van der Waals surface area contributed by atoms with E-state index in [2.05, 4.69) is 61.6 Å². The first kappa shape index (κ1) is 27.9. The molecule has 0 N–H and O–H groups in total. The molecule has 0 unspecified atom stereocenters. The zero-order valence-corrected chi connectivity index (χ0v) is 23.2. The molecule has 0 amide bonds. The van der Waals surface area contributed by atoms with Crippen LogP contribution in [-0.2, 0) is 0 Å². The van der Waals surface area contributed by atoms with Crippen LogP contribution in [0.1, 0.15) is 13.8 Å². The number of fused-ring (bicyclic) bond motifs is 1. The summed E-state index contributed by atoms with van der Waals surface area (Å²) in [6, 6.07) is 32.7. The molecule has 0 spiro atoms. The van der Waals surface area contributed by atoms with E-state index in [4.69, 9.17) is 0 Å². The van der Waals surface area contributed by atoms with E-state index in [9.17, 15) is 10.1 Å². The number of anilines is 1. The zero-order valence-electron chi connectivity index (χ0n) is 23.2. The van der Waals surface area contributed by atoms with Gasteiger partial charge in [-0.1, -0.05) is 24.3 Å². The molecular weight excluding hydrogens is 528 g/mol. The van der Waals surface area contributed by atoms with E-state index in [0.29, 0.717) is 22.7 Å². The third-order valence-electron chi connectivity index (χ3n) is 6.59. The highest BCUT2D eigenvalue weighted by Gasteiger charge is 2.07. The summed E-state index contributed by atoms with van der Waals surface area (Å²) in [5.74, 6) is 0. The summed E-state index contributed by atoms with van der Waals surface area (Å²) >= 11 is 0. The summed E-state index contributed by atoms with van der Waals surface area (Å²) in [6.45, 7) is 6.20. The van der Waals surface area contributed by atoms with Gasteiger partial charge in [-0.3, -0.25) is 10.1 Å². The molecule has 5 aromatic rings. The molecule has 0 aliphatic carbocycles. The van der Waals surface area contributed by atoms with Crippen molar-refractivity contribution >= 4 is 56.3 Å². The molecule has 0 radical (unpaired) electrons. The fourth-order valence-corrected chi connectivity index (χ4v) is 4.33. The summed E-state index contributed by atoms with van der Waals surface area (Å²) in [4.78, 5) is 12.7. The summed E-state index contributed by atoms with van der Waals surface area (Å²) in [5, 5.41) is 38.8. The smallest absolute Gasteiger partial charge is 0.269 e. The van der Waals surface area contributed by atoms with Gasteiger partial charge in [0.25, 0.3) is 5.69 Å². The number of rotatable bonds is 10. The Balaban J connectivity index is 1.28. The molecule has 5 aromatic carbocycles. The van der Waals surface area contributed by atoms with Crippen molar-refractivity contribution < 1.29 is 4.92 Å². The van der Waals surface area contributed by atoms with Gasteiger partial charge < -0.3 is 4.90 Å². The lowest BCUT2D eigenvalue weighted by molar-refractivity contribution is -0.384. The summed E-state index contributed by atoms with van der Waals surface area (Å²) in [7, 11) is 0. The second-order valence-corrected chi connectivity index (χ2v) is 9.23. The van der Waals surface area contributed by atoms with Gasteiger partial charge in [-0.05, 0) is 86.6 Å². The number of azo groups is 3. The molecule has 208 valence electrons. The van der Waals surface area contributed by atoms with Crippen molar-refractivity contribution in [1.29, 1.82) is 0 Å². The Morgan fingerprint density at radius 3 is 1.33 bits per heavy atom. The zero-order chi connectivity index (χ0) is 29.3. The van der Waals surface area contributed by atoms with Crippen LogP contribution in [0, 0.1) is 10.1 Å². The van der Waals surface area contributed by atoms with Crippen molar-refractivity contribution in [3.8, 4) is 0 Å². The standard InChI is InChI=1S/C32H28N8O2/c1-3-39(4-2)27-17-13-25(14-18-27)34-33-23-9-11-24(12-10-23)35-37-31-21-22-32(30-8-6-5-7-29(30)31)38-36-26-15-19-28(20-16-26)40(41)42/h5-22H,3-4H2,1-2H3. The van der Waals surface area contributed by atoms with Crippen LogP contribution in [0.2, 0.25) is 0 Å². The predicted molar refractivity (Wildman–Crippen MR) is 166 cm³/mol. The van der Waals surface area contributed by atoms with Crippen LogP contribution in [0.3, 0.4) is 0 Å². The second kappa shape index (κ2) is 13.1. The molecule has 10 nitrogen and oxygen atoms in total. The average Bonchev–Trinajstić information content (AvgIpc) is 3.04. The van der Waals surface area contributed by atoms with E-state index >= 15 is 0 Å². The molecular formula is C32H28N8O2. The topological polar surface area (TPSA) is 121 Å². The van der Waals surface area contributed by atoms with E-state index in [0.717, 1.165) is 35.2 Å². The average molecular weight is 557 g/mol. The lowest BCUT2D eigenvalue weighted by Crippen LogP contribution is -2.21. The third-order valence-corrected chi connectivity index (χ3v) is 6.59. The molecule has 0 saturated heterocycles. The SMILES string of the molecule is CCN(CC)c1ccc(N=Nc2ccc(N=Nc3ccc(N=Nc4ccc([N+](=O)[O-])cc4)c4ccccc34)cc2)cc1. The van der Waals surface area contributed by atoms with Crippen LogP contribution in [0.4, 0.5) is 45.5 Å². The van der Waals surface area contributed by atoms with E-state index in [1.54, 1.807) is 12.1 Å². The molecule has 0 bridgehead atoms. The first-order valence-corrected chi connectivity index (χ1v) is 13.5. The Bertz CT molecular complexity index is 1760. The van der Waals surface area contributed by atoms with Crippen molar-refractivity contribution in [3.05, 3.63) is 119 Å². The molecule has 0 aliphatic heterocycles. The predicted octanol–water partition coefficient (Wildman–Crippen LogP) is 10.8. The van der Waals surface area contributed by atoms with Gasteiger partial charge in [0.1, 0.15) is 0 Å². The molecule has 0 aromatic heterocycles. The highest BCUT2D eigenvalue weighted by atomic mass is 16.6. The summed E-state index contributed by atoms with van der Waals surface area (Å²) in [6.07, 6.45) is 0. The van der Waals surface area contributed by atoms with Crippen LogP contribution in [0.5, 0.6) is 0 Å². The number of nitro groups is 1. The number of non-ortho nitro benzene ring substituents is 1. The van der Waals surface area contributed by atoms with Crippen molar-refractivity contribution in [2.45, 2.75) is 13.8 Å². The summed E-state index contributed by atoms with van der Waals surface area (Å²) in [5.41, 5.74) is 5.23. The van der Waals surface area contributed by atoms with Crippen LogP contribution in [0.15, 0.2) is 140 Å². The molecule has 0 fully saturated rings. The Kier molecular flexibility index (Phi) is 8.73. The normalized spacial score (nSPS) is 11.7. The third kappa shape index (κ3) is 6.73. The Morgan fingerprint density at radius 2 is 0.929 bits per heavy atom. The molecule has 5 rings (SSSR count). The minimum Gasteiger partial charge on any atom is -0.372 e. The molecule has 0 atom stereocenters. The first-order chi connectivity index (χ1) is 20.5. The molecule has 0 saturated carbocycles. The van der Waals surface area contributed by atoms with Crippen molar-refractivity contribution in [3.63, 3.8) is 0 Å². The van der Waals surface area contributed by atoms with Gasteiger partial charge in [-0.2, -0.15) is 20.5 Å². The lowest BCUT2D eigenvalue weighted by Gasteiger charge is -2.20. The Morgan fingerprint density at radius 1 is 0.548 bits per heavy atom. The van der Waals surface area contributed by atoms with Crippen LogP contribution >= 0.6 is 0 Å². The fourth-order valence-electron chi connectivity index (χ4n) is 4.33. The maximum atomic E-state index is 10.9. The Labute approximate surface area is 242 Å². The molecule has 0 heterocycles. The summed E-state index contributed by atoms with van der Waals surface area (Å²) < 4.78 is 0. The largest absolute Gasteiger partial charge is 0.372 e. The van der Waals surface area contributed by atoms with Crippen LogP contribution in [-0.4, -0.2) is 18.0 Å². The number of benzene rings is 5. The van der Waals surface area contributed by atoms with Crippen LogP contribution in [0.25, 0.3) is 10.8 Å². The van der Waals surface area contributed by atoms with Crippen molar-refractivity contribution in [1.82, 2.24) is 0 Å². The highest BCUT2D eigenvalue weighted by Crippen LogP contribution is 2.35. The second-order valence-electron chi connectivity index (χ2n) is 9.23. The van der Waals surface area contributed by atoms with E-state index < -0.39 is 4.92 Å². The Hall–Kier alpha value is -5.64. The van der Waals surface area contributed by atoms with Gasteiger partial charge in [0, 0.05) is 41.7 Å². The number of hydrogen-bond donors (Lipinski definition) is 0. The van der Waals surface area contributed by atoms with E-state index in [1.165, 1.54) is 17.8 Å². The van der Waals surface area contributed by atoms with Gasteiger partial charge in [-0.25, -0.2) is 0 Å². The first-order valence-electron chi connectivity index (χ1n) is 13.5. The lowest BCUT2D eigenvalue weighted by atomic mass is 10.1. The van der Waals surface area contributed by atoms with E-state index in [1.807, 2.05) is 72.8 Å². The van der Waals surface area contributed by atoms with Crippen molar-refractivity contribution in [2.75, 3.05) is 18.0 Å². The molecule has 42 heavy (non-hydrogen) atoms. The van der Waals surface area contributed by atoms with Gasteiger partial charge in [-0.15, -0.1) is 10.2 Å². The van der Waals surface area contributed by atoms with Gasteiger partial charge >= 0.3 is 0 Å². The minimum atomic E-state index is -0.449. The monoisotopic (exact) mass is 556 g/mol. The maximum Gasteiger partial charge on any atom is 0.269 e. The minimum absolute atomic E-state index is 0.00451. The van der Waals surface area contributed by atoms with Gasteiger partial charge in [0.05, 0.1) is 39.0 Å². The van der Waals surface area contributed by atoms with Crippen molar-refractivity contribution in [2.24, 2.45) is 30.7 Å². The van der Waals surface area contributed by atoms with Gasteiger partial charge in [0.2, 0.25) is 0 Å². The quantitative estimate of drug-likeness (QED) is 0.0965. The van der Waals surface area contributed by atoms with E-state index in [-0.39, 0.29) is 5.69 Å². The number of nitro benzene ring substituents is 1. The molecule has 10 heteroatoms. The number of hydrogen-bond acceptors (Lipinski definition) is 9. The highest BCUT2D eigenvalue weighted by molar-refractivity contribution is 5.99. The van der Waals surface area contributed by atoms with Gasteiger partial charge in [0.15, 0.2) is 0 Å². The number of nitrogens with zero attached hydrogens (tertiary/aromatic N) is 8.